The highest BCUT2D eigenvalue weighted by Gasteiger charge is 2.13. The van der Waals surface area contributed by atoms with Gasteiger partial charge in [0.2, 0.25) is 0 Å². The fourth-order valence-electron chi connectivity index (χ4n) is 2.21. The molecule has 0 aliphatic heterocycles. The lowest BCUT2D eigenvalue weighted by molar-refractivity contribution is 0.290. The first-order valence-electron chi connectivity index (χ1n) is 7.25. The van der Waals surface area contributed by atoms with Crippen LogP contribution in [-0.2, 0) is 22.6 Å². The lowest BCUT2D eigenvalue weighted by atomic mass is 10.0. The van der Waals surface area contributed by atoms with Gasteiger partial charge >= 0.3 is 0 Å². The molecular formula is C16H22N2O3S. The van der Waals surface area contributed by atoms with Crippen LogP contribution in [0, 0.1) is 10.7 Å². The molecule has 22 heavy (non-hydrogen) atoms. The van der Waals surface area contributed by atoms with E-state index in [1.165, 1.54) is 6.26 Å². The minimum Gasteiger partial charge on any atom is -0.492 e. The number of rotatable bonds is 7. The normalized spacial score (nSPS) is 14.0. The van der Waals surface area contributed by atoms with Crippen molar-refractivity contribution in [2.45, 2.75) is 31.6 Å². The van der Waals surface area contributed by atoms with Crippen LogP contribution in [0.4, 0.5) is 0 Å². The third-order valence-corrected chi connectivity index (χ3v) is 4.33. The van der Waals surface area contributed by atoms with Gasteiger partial charge < -0.3 is 9.26 Å². The Bertz CT molecular complexity index is 707. The molecule has 5 nitrogen and oxygen atoms in total. The molecule has 0 fully saturated rings. The fourth-order valence-corrected chi connectivity index (χ4v) is 3.09. The lowest BCUT2D eigenvalue weighted by Crippen LogP contribution is -2.06. The minimum atomic E-state index is -2.84. The summed E-state index contributed by atoms with van der Waals surface area (Å²) in [5.74, 6) is 1.75. The SMILES string of the molecule is CC(C)Cc1ccc(OCCc2ccno2)c(S(C)(=N)=O)c1. The quantitative estimate of drug-likeness (QED) is 0.846. The highest BCUT2D eigenvalue weighted by Crippen LogP contribution is 2.27. The standard InChI is InChI=1S/C16H22N2O3S/c1-12(2)10-13-4-5-15(16(11-13)22(3,17)19)20-9-7-14-6-8-18-21-14/h4-6,8,11-12,17H,7,9-10H2,1-3H3. The molecule has 0 amide bonds. The fraction of sp³-hybridized carbons (Fsp3) is 0.438. The Morgan fingerprint density at radius 2 is 2.14 bits per heavy atom. The van der Waals surface area contributed by atoms with Gasteiger partial charge in [-0.15, -0.1) is 0 Å². The molecule has 2 rings (SSSR count). The highest BCUT2D eigenvalue weighted by molar-refractivity contribution is 7.91. The number of ether oxygens (including phenoxy) is 1. The molecule has 1 heterocycles. The first-order valence-corrected chi connectivity index (χ1v) is 9.22. The van der Waals surface area contributed by atoms with Gasteiger partial charge in [-0.05, 0) is 30.0 Å². The van der Waals surface area contributed by atoms with Crippen molar-refractivity contribution in [2.75, 3.05) is 12.9 Å². The summed E-state index contributed by atoms with van der Waals surface area (Å²) in [6.45, 7) is 4.65. The van der Waals surface area contributed by atoms with E-state index in [1.54, 1.807) is 12.3 Å². The van der Waals surface area contributed by atoms with E-state index in [0.717, 1.165) is 17.7 Å². The molecule has 2 aromatic rings. The Morgan fingerprint density at radius 3 is 2.73 bits per heavy atom. The van der Waals surface area contributed by atoms with Crippen LogP contribution in [0.1, 0.15) is 25.2 Å². The van der Waals surface area contributed by atoms with E-state index < -0.39 is 9.73 Å². The van der Waals surface area contributed by atoms with E-state index in [0.29, 0.717) is 29.6 Å². The average molecular weight is 322 g/mol. The number of hydrogen-bond donors (Lipinski definition) is 1. The van der Waals surface area contributed by atoms with Crippen LogP contribution in [0.5, 0.6) is 5.75 Å². The Kier molecular flexibility index (Phi) is 5.24. The van der Waals surface area contributed by atoms with Gasteiger partial charge in [0.15, 0.2) is 0 Å². The molecule has 0 spiro atoms. The van der Waals surface area contributed by atoms with Crippen LogP contribution in [0.2, 0.25) is 0 Å². The molecule has 1 unspecified atom stereocenters. The summed E-state index contributed by atoms with van der Waals surface area (Å²) in [6, 6.07) is 7.39. The Hall–Kier alpha value is -1.82. The molecule has 6 heteroatoms. The smallest absolute Gasteiger partial charge is 0.140 e. The largest absolute Gasteiger partial charge is 0.492 e. The monoisotopic (exact) mass is 322 g/mol. The summed E-state index contributed by atoms with van der Waals surface area (Å²) in [5.41, 5.74) is 1.08. The molecule has 0 aliphatic carbocycles. The van der Waals surface area contributed by atoms with Crippen LogP contribution in [0.25, 0.3) is 0 Å². The Labute approximate surface area is 131 Å². The Balaban J connectivity index is 2.15. The molecule has 1 aromatic carbocycles. The zero-order valence-corrected chi connectivity index (χ0v) is 14.0. The van der Waals surface area contributed by atoms with Crippen LogP contribution in [-0.4, -0.2) is 22.2 Å². The van der Waals surface area contributed by atoms with E-state index in [-0.39, 0.29) is 0 Å². The van der Waals surface area contributed by atoms with Crippen molar-refractivity contribution in [1.82, 2.24) is 5.16 Å². The van der Waals surface area contributed by atoms with Crippen LogP contribution < -0.4 is 4.74 Å². The van der Waals surface area contributed by atoms with Crippen LogP contribution in [0.3, 0.4) is 0 Å². The van der Waals surface area contributed by atoms with Crippen molar-refractivity contribution in [3.63, 3.8) is 0 Å². The second-order valence-corrected chi connectivity index (χ2v) is 7.93. The van der Waals surface area contributed by atoms with E-state index in [4.69, 9.17) is 14.0 Å². The van der Waals surface area contributed by atoms with Crippen LogP contribution in [0.15, 0.2) is 39.9 Å². The van der Waals surface area contributed by atoms with E-state index in [2.05, 4.69) is 19.0 Å². The number of aromatic nitrogens is 1. The lowest BCUT2D eigenvalue weighted by Gasteiger charge is -2.14. The number of hydrogen-bond acceptors (Lipinski definition) is 5. The zero-order chi connectivity index (χ0) is 16.2. The van der Waals surface area contributed by atoms with Crippen molar-refractivity contribution >= 4 is 9.73 Å². The topological polar surface area (TPSA) is 76.2 Å². The van der Waals surface area contributed by atoms with Gasteiger partial charge in [0.05, 0.1) is 27.4 Å². The zero-order valence-electron chi connectivity index (χ0n) is 13.2. The summed E-state index contributed by atoms with van der Waals surface area (Å²) in [6.07, 6.45) is 4.48. The summed E-state index contributed by atoms with van der Waals surface area (Å²) in [7, 11) is -2.84. The second-order valence-electron chi connectivity index (χ2n) is 5.80. The van der Waals surface area contributed by atoms with Crippen molar-refractivity contribution in [1.29, 1.82) is 4.78 Å². The Morgan fingerprint density at radius 1 is 1.36 bits per heavy atom. The van der Waals surface area contributed by atoms with Gasteiger partial charge in [-0.3, -0.25) is 0 Å². The van der Waals surface area contributed by atoms with Gasteiger partial charge in [0.1, 0.15) is 11.5 Å². The first-order chi connectivity index (χ1) is 10.4. The molecule has 0 bridgehead atoms. The van der Waals surface area contributed by atoms with E-state index in [9.17, 15) is 4.21 Å². The van der Waals surface area contributed by atoms with Gasteiger partial charge in [-0.25, -0.2) is 8.99 Å². The summed E-state index contributed by atoms with van der Waals surface area (Å²) in [5, 5.41) is 3.64. The van der Waals surface area contributed by atoms with Gasteiger partial charge in [0.25, 0.3) is 0 Å². The van der Waals surface area contributed by atoms with Crippen molar-refractivity contribution in [3.8, 4) is 5.75 Å². The first kappa shape index (κ1) is 16.5. The third-order valence-electron chi connectivity index (χ3n) is 3.17. The molecule has 1 atom stereocenters. The number of nitrogens with zero attached hydrogens (tertiary/aromatic N) is 1. The van der Waals surface area contributed by atoms with E-state index in [1.807, 2.05) is 18.2 Å². The molecule has 0 saturated heterocycles. The third kappa shape index (κ3) is 4.59. The van der Waals surface area contributed by atoms with E-state index >= 15 is 0 Å². The van der Waals surface area contributed by atoms with Crippen molar-refractivity contribution in [2.24, 2.45) is 5.92 Å². The van der Waals surface area contributed by atoms with Crippen molar-refractivity contribution < 1.29 is 13.5 Å². The summed E-state index contributed by atoms with van der Waals surface area (Å²) < 4.78 is 30.8. The summed E-state index contributed by atoms with van der Waals surface area (Å²) in [4.78, 5) is 0.461. The maximum Gasteiger partial charge on any atom is 0.140 e. The van der Waals surface area contributed by atoms with Gasteiger partial charge in [-0.1, -0.05) is 25.1 Å². The maximum absolute atomic E-state index is 12.2. The molecule has 1 aromatic heterocycles. The van der Waals surface area contributed by atoms with Gasteiger partial charge in [0, 0.05) is 18.7 Å². The molecule has 0 saturated carbocycles. The maximum atomic E-state index is 12.2. The van der Waals surface area contributed by atoms with Gasteiger partial charge in [-0.2, -0.15) is 0 Å². The van der Waals surface area contributed by atoms with Crippen LogP contribution >= 0.6 is 0 Å². The average Bonchev–Trinajstić information content (AvgIpc) is 2.91. The summed E-state index contributed by atoms with van der Waals surface area (Å²) >= 11 is 0. The second kappa shape index (κ2) is 6.96. The minimum absolute atomic E-state index is 0.390. The number of nitrogens with one attached hydrogen (secondary N) is 1. The predicted octanol–water partition coefficient (Wildman–Crippen LogP) is 3.53. The molecular weight excluding hydrogens is 300 g/mol. The molecule has 0 radical (unpaired) electrons. The molecule has 1 N–H and O–H groups in total. The molecule has 0 aliphatic rings. The molecule has 120 valence electrons. The van der Waals surface area contributed by atoms with Crippen molar-refractivity contribution in [3.05, 3.63) is 41.8 Å². The number of benzene rings is 1. The highest BCUT2D eigenvalue weighted by atomic mass is 32.2. The predicted molar refractivity (Wildman–Crippen MR) is 85.7 cm³/mol.